The number of hydrogen-bond donors (Lipinski definition) is 2. The van der Waals surface area contributed by atoms with E-state index in [1.54, 1.807) is 24.3 Å². The second-order valence-electron chi connectivity index (χ2n) is 7.84. The maximum atomic E-state index is 12.5. The number of aryl methyl sites for hydroxylation is 1. The Kier molecular flexibility index (Phi) is 7.36. The monoisotopic (exact) mass is 407 g/mol. The summed E-state index contributed by atoms with van der Waals surface area (Å²) in [5, 5.41) is 6.01. The van der Waals surface area contributed by atoms with E-state index < -0.39 is 0 Å². The minimum absolute atomic E-state index is 0.00590. The molecule has 0 radical (unpaired) electrons. The number of hydrogen-bond acceptors (Lipinski definition) is 4. The number of carbonyl (C=O) groups excluding carboxylic acids is 3. The van der Waals surface area contributed by atoms with Gasteiger partial charge in [-0.1, -0.05) is 18.2 Å². The van der Waals surface area contributed by atoms with Crippen LogP contribution in [0.1, 0.15) is 52.5 Å². The first kappa shape index (κ1) is 21.7. The topological polar surface area (TPSA) is 78.5 Å². The van der Waals surface area contributed by atoms with Gasteiger partial charge in [-0.3, -0.25) is 14.4 Å². The molecule has 30 heavy (non-hydrogen) atoms. The molecule has 0 atom stereocenters. The lowest BCUT2D eigenvalue weighted by atomic mass is 10.0. The van der Waals surface area contributed by atoms with Gasteiger partial charge < -0.3 is 15.5 Å². The zero-order chi connectivity index (χ0) is 21.5. The number of rotatable bonds is 7. The normalized spacial score (nSPS) is 14.9. The lowest BCUT2D eigenvalue weighted by Crippen LogP contribution is -2.45. The summed E-state index contributed by atoms with van der Waals surface area (Å²) in [6, 6.07) is 14.7. The summed E-state index contributed by atoms with van der Waals surface area (Å²) in [6.07, 6.45) is 2.17. The van der Waals surface area contributed by atoms with Crippen LogP contribution >= 0.6 is 0 Å². The van der Waals surface area contributed by atoms with Gasteiger partial charge in [0.1, 0.15) is 0 Å². The van der Waals surface area contributed by atoms with Gasteiger partial charge in [-0.2, -0.15) is 0 Å². The van der Waals surface area contributed by atoms with Crippen molar-refractivity contribution >= 4 is 23.3 Å². The summed E-state index contributed by atoms with van der Waals surface area (Å²) in [7, 11) is 0. The molecule has 2 N–H and O–H groups in total. The van der Waals surface area contributed by atoms with E-state index in [4.69, 9.17) is 0 Å². The molecule has 1 aliphatic rings. The molecule has 6 nitrogen and oxygen atoms in total. The van der Waals surface area contributed by atoms with Gasteiger partial charge in [0.05, 0.1) is 0 Å². The van der Waals surface area contributed by atoms with Crippen molar-refractivity contribution in [3.63, 3.8) is 0 Å². The molecule has 1 heterocycles. The fourth-order valence-electron chi connectivity index (χ4n) is 3.66. The lowest BCUT2D eigenvalue weighted by molar-refractivity contribution is -0.116. The predicted molar refractivity (Wildman–Crippen MR) is 118 cm³/mol. The van der Waals surface area contributed by atoms with E-state index in [0.29, 0.717) is 24.2 Å². The zero-order valence-corrected chi connectivity index (χ0v) is 17.6. The Morgan fingerprint density at radius 2 is 1.67 bits per heavy atom. The molecule has 3 rings (SSSR count). The number of nitrogens with zero attached hydrogens (tertiary/aromatic N) is 1. The van der Waals surface area contributed by atoms with E-state index in [-0.39, 0.29) is 23.6 Å². The highest BCUT2D eigenvalue weighted by Crippen LogP contribution is 2.14. The number of benzene rings is 2. The van der Waals surface area contributed by atoms with Crippen LogP contribution in [0.2, 0.25) is 0 Å². The molecular formula is C24H29N3O3. The zero-order valence-electron chi connectivity index (χ0n) is 17.6. The summed E-state index contributed by atoms with van der Waals surface area (Å²) >= 11 is 0. The summed E-state index contributed by atoms with van der Waals surface area (Å²) in [6.45, 7) is 5.87. The Bertz CT molecular complexity index is 900. The van der Waals surface area contributed by atoms with Crippen LogP contribution in [0, 0.1) is 6.92 Å². The molecule has 158 valence electrons. The van der Waals surface area contributed by atoms with Crippen LogP contribution < -0.4 is 10.6 Å². The molecule has 2 aromatic rings. The fourth-order valence-corrected chi connectivity index (χ4v) is 3.66. The number of ketones is 1. The Morgan fingerprint density at radius 3 is 2.30 bits per heavy atom. The van der Waals surface area contributed by atoms with Crippen molar-refractivity contribution in [2.75, 3.05) is 25.0 Å². The van der Waals surface area contributed by atoms with E-state index in [9.17, 15) is 14.4 Å². The van der Waals surface area contributed by atoms with E-state index >= 15 is 0 Å². The summed E-state index contributed by atoms with van der Waals surface area (Å²) in [5.74, 6) is -0.0476. The Morgan fingerprint density at radius 1 is 1.00 bits per heavy atom. The van der Waals surface area contributed by atoms with Crippen LogP contribution in [0.25, 0.3) is 0 Å². The molecule has 0 spiro atoms. The summed E-state index contributed by atoms with van der Waals surface area (Å²) in [4.78, 5) is 38.2. The van der Waals surface area contributed by atoms with Crippen molar-refractivity contribution < 1.29 is 14.4 Å². The van der Waals surface area contributed by atoms with Crippen LogP contribution in [-0.2, 0) is 4.79 Å². The standard InChI is InChI=1S/C24H29N3O3/c1-17-5-3-4-6-22(17)24(30)26-21-11-14-27(15-12-21)16-13-23(29)25-20-9-7-19(8-10-20)18(2)28/h3-10,21H,11-16H2,1-2H3,(H,25,29)(H,26,30). The minimum Gasteiger partial charge on any atom is -0.349 e. The van der Waals surface area contributed by atoms with Gasteiger partial charge >= 0.3 is 0 Å². The van der Waals surface area contributed by atoms with E-state index in [0.717, 1.165) is 37.1 Å². The summed E-state index contributed by atoms with van der Waals surface area (Å²) in [5.41, 5.74) is 3.04. The minimum atomic E-state index is -0.0412. The highest BCUT2D eigenvalue weighted by atomic mass is 16.2. The van der Waals surface area contributed by atoms with Gasteiger partial charge in [-0.25, -0.2) is 0 Å². The third kappa shape index (κ3) is 6.00. The largest absolute Gasteiger partial charge is 0.349 e. The van der Waals surface area contributed by atoms with Crippen LogP contribution in [0.3, 0.4) is 0 Å². The molecule has 0 unspecified atom stereocenters. The molecule has 1 aliphatic heterocycles. The van der Waals surface area contributed by atoms with Gasteiger partial charge in [0.25, 0.3) is 5.91 Å². The van der Waals surface area contributed by atoms with E-state index in [2.05, 4.69) is 15.5 Å². The van der Waals surface area contributed by atoms with E-state index in [1.807, 2.05) is 31.2 Å². The van der Waals surface area contributed by atoms with Gasteiger partial charge in [0, 0.05) is 48.9 Å². The molecule has 6 heteroatoms. The highest BCUT2D eigenvalue weighted by molar-refractivity contribution is 5.96. The molecule has 1 fully saturated rings. The van der Waals surface area contributed by atoms with Crippen LogP contribution in [0.5, 0.6) is 0 Å². The third-order valence-corrected chi connectivity index (χ3v) is 5.54. The van der Waals surface area contributed by atoms with Crippen molar-refractivity contribution in [3.8, 4) is 0 Å². The first-order chi connectivity index (χ1) is 14.4. The second-order valence-corrected chi connectivity index (χ2v) is 7.84. The van der Waals surface area contributed by atoms with Gasteiger partial charge in [-0.15, -0.1) is 0 Å². The molecule has 0 aromatic heterocycles. The molecule has 0 bridgehead atoms. The van der Waals surface area contributed by atoms with Crippen molar-refractivity contribution in [2.45, 2.75) is 39.2 Å². The maximum absolute atomic E-state index is 12.5. The van der Waals surface area contributed by atoms with Crippen molar-refractivity contribution in [1.29, 1.82) is 0 Å². The molecule has 2 amide bonds. The Hall–Kier alpha value is -2.99. The molecule has 0 saturated carbocycles. The van der Waals surface area contributed by atoms with Crippen molar-refractivity contribution in [3.05, 3.63) is 65.2 Å². The fraction of sp³-hybridized carbons (Fsp3) is 0.375. The van der Waals surface area contributed by atoms with Crippen LogP contribution in [0.4, 0.5) is 5.69 Å². The lowest BCUT2D eigenvalue weighted by Gasteiger charge is -2.32. The maximum Gasteiger partial charge on any atom is 0.251 e. The first-order valence-corrected chi connectivity index (χ1v) is 10.4. The Labute approximate surface area is 177 Å². The SMILES string of the molecule is CC(=O)c1ccc(NC(=O)CCN2CCC(NC(=O)c3ccccc3C)CC2)cc1. The number of likely N-dealkylation sites (tertiary alicyclic amines) is 1. The molecule has 0 aliphatic carbocycles. The number of nitrogens with one attached hydrogen (secondary N) is 2. The number of Topliss-reactive ketones (excluding diaryl/α,β-unsaturated/α-hetero) is 1. The predicted octanol–water partition coefficient (Wildman–Crippen LogP) is 3.42. The van der Waals surface area contributed by atoms with Crippen molar-refractivity contribution in [1.82, 2.24) is 10.2 Å². The van der Waals surface area contributed by atoms with E-state index in [1.165, 1.54) is 6.92 Å². The first-order valence-electron chi connectivity index (χ1n) is 10.4. The average molecular weight is 408 g/mol. The molecule has 1 saturated heterocycles. The highest BCUT2D eigenvalue weighted by Gasteiger charge is 2.22. The van der Waals surface area contributed by atoms with Gasteiger partial charge in [0.2, 0.25) is 5.91 Å². The van der Waals surface area contributed by atoms with Gasteiger partial charge in [0.15, 0.2) is 5.78 Å². The van der Waals surface area contributed by atoms with Crippen LogP contribution in [0.15, 0.2) is 48.5 Å². The molecule has 2 aromatic carbocycles. The summed E-state index contributed by atoms with van der Waals surface area (Å²) < 4.78 is 0. The number of piperidine rings is 1. The van der Waals surface area contributed by atoms with Gasteiger partial charge in [-0.05, 0) is 62.6 Å². The van der Waals surface area contributed by atoms with Crippen molar-refractivity contribution in [2.24, 2.45) is 0 Å². The molecular weight excluding hydrogens is 378 g/mol. The average Bonchev–Trinajstić information content (AvgIpc) is 2.74. The second kappa shape index (κ2) is 10.2. The third-order valence-electron chi connectivity index (χ3n) is 5.54. The van der Waals surface area contributed by atoms with Crippen LogP contribution in [-0.4, -0.2) is 48.2 Å². The number of carbonyl (C=O) groups is 3. The number of amides is 2. The quantitative estimate of drug-likeness (QED) is 0.690. The smallest absolute Gasteiger partial charge is 0.251 e. The Balaban J connectivity index is 1.38. The number of anilines is 1.